The smallest absolute Gasteiger partial charge is 0.0978 e. The average molecular weight is 210 g/mol. The maximum atomic E-state index is 4.90. The molecule has 0 amide bonds. The molecule has 0 saturated heterocycles. The lowest BCUT2D eigenvalue weighted by atomic mass is 10.2. The van der Waals surface area contributed by atoms with Crippen molar-refractivity contribution in [2.24, 2.45) is 0 Å². The number of allylic oxidation sites excluding steroid dienone is 2. The predicted octanol–water partition coefficient (Wildman–Crippen LogP) is 3.90. The first-order chi connectivity index (χ1) is 5.77. The zero-order chi connectivity index (χ0) is 10.7. The van der Waals surface area contributed by atoms with Gasteiger partial charge in [-0.3, -0.25) is 0 Å². The lowest BCUT2D eigenvalue weighted by molar-refractivity contribution is 0.727. The molecule has 0 unspecified atom stereocenters. The Bertz CT molecular complexity index is 282. The minimum absolute atomic E-state index is 0.293. The van der Waals surface area contributed by atoms with Gasteiger partial charge in [-0.15, -0.1) is 5.73 Å². The molecule has 0 aliphatic rings. The van der Waals surface area contributed by atoms with Crippen molar-refractivity contribution in [2.75, 3.05) is 0 Å². The average Bonchev–Trinajstić information content (AvgIpc) is 1.97. The maximum absolute atomic E-state index is 4.90. The molecular weight excluding hydrogens is 192 g/mol. The van der Waals surface area contributed by atoms with Crippen LogP contribution in [0.2, 0.25) is 18.1 Å². The summed E-state index contributed by atoms with van der Waals surface area (Å²) in [6, 6.07) is 0. The Labute approximate surface area is 88.1 Å². The lowest BCUT2D eigenvalue weighted by Crippen LogP contribution is -2.39. The van der Waals surface area contributed by atoms with Crippen molar-refractivity contribution in [1.82, 2.24) is 0 Å². The van der Waals surface area contributed by atoms with Crippen LogP contribution in [0.3, 0.4) is 0 Å². The lowest BCUT2D eigenvalue weighted by Gasteiger charge is -2.36. The molecule has 0 heterocycles. The van der Waals surface area contributed by atoms with Gasteiger partial charge in [0.25, 0.3) is 0 Å². The molecule has 13 heavy (non-hydrogen) atoms. The molecule has 0 N–H and O–H groups in total. The van der Waals surface area contributed by atoms with Gasteiger partial charge in [0.15, 0.2) is 0 Å². The van der Waals surface area contributed by atoms with E-state index in [1.54, 1.807) is 0 Å². The molecule has 72 valence electrons. The van der Waals surface area contributed by atoms with Crippen LogP contribution in [-0.2, 0) is 0 Å². The van der Waals surface area contributed by atoms with Crippen LogP contribution >= 0.6 is 12.2 Å². The summed E-state index contributed by atoms with van der Waals surface area (Å²) in [5.74, 6) is 0. The van der Waals surface area contributed by atoms with Gasteiger partial charge in [-0.1, -0.05) is 40.4 Å². The van der Waals surface area contributed by atoms with Gasteiger partial charge in [-0.05, 0) is 33.6 Å². The third kappa shape index (κ3) is 2.79. The highest BCUT2D eigenvalue weighted by molar-refractivity contribution is 7.78. The van der Waals surface area contributed by atoms with Crippen molar-refractivity contribution in [1.29, 1.82) is 0 Å². The quantitative estimate of drug-likeness (QED) is 0.288. The molecule has 0 fully saturated rings. The van der Waals surface area contributed by atoms with Crippen molar-refractivity contribution in [3.8, 4) is 0 Å². The molecule has 0 bridgehead atoms. The van der Waals surface area contributed by atoms with Gasteiger partial charge in [0.2, 0.25) is 0 Å². The Morgan fingerprint density at radius 2 is 1.85 bits per heavy atom. The topological polar surface area (TPSA) is 0 Å². The summed E-state index contributed by atoms with van der Waals surface area (Å²) in [6.45, 7) is 14.9. The summed E-state index contributed by atoms with van der Waals surface area (Å²) in [7, 11) is -1.51. The SMILES string of the molecule is C=C=CC(=C=S)[Si](C)(C)C(C)(C)C. The van der Waals surface area contributed by atoms with Crippen LogP contribution in [0.1, 0.15) is 20.8 Å². The second-order valence-corrected chi connectivity index (χ2v) is 10.2. The van der Waals surface area contributed by atoms with Gasteiger partial charge in [0.1, 0.15) is 0 Å². The monoisotopic (exact) mass is 210 g/mol. The van der Waals surface area contributed by atoms with Crippen molar-refractivity contribution < 1.29 is 0 Å². The van der Waals surface area contributed by atoms with Gasteiger partial charge in [0, 0.05) is 0 Å². The van der Waals surface area contributed by atoms with E-state index in [1.807, 2.05) is 6.08 Å². The van der Waals surface area contributed by atoms with Gasteiger partial charge in [0.05, 0.1) is 8.07 Å². The van der Waals surface area contributed by atoms with E-state index in [9.17, 15) is 0 Å². The largest absolute Gasteiger partial charge is 0.128 e. The predicted molar refractivity (Wildman–Crippen MR) is 67.0 cm³/mol. The molecule has 0 rings (SSSR count). The Morgan fingerprint density at radius 3 is 2.08 bits per heavy atom. The van der Waals surface area contributed by atoms with Crippen LogP contribution in [0.5, 0.6) is 0 Å². The summed E-state index contributed by atoms with van der Waals surface area (Å²) in [4.78, 5) is 0. The zero-order valence-electron chi connectivity index (χ0n) is 9.19. The summed E-state index contributed by atoms with van der Waals surface area (Å²) < 4.78 is 0. The van der Waals surface area contributed by atoms with Crippen LogP contribution in [0.25, 0.3) is 0 Å². The maximum Gasteiger partial charge on any atom is 0.0978 e. The van der Waals surface area contributed by atoms with E-state index in [-0.39, 0.29) is 0 Å². The van der Waals surface area contributed by atoms with Gasteiger partial charge >= 0.3 is 0 Å². The van der Waals surface area contributed by atoms with Crippen molar-refractivity contribution in [3.05, 3.63) is 23.6 Å². The second-order valence-electron chi connectivity index (χ2n) is 4.74. The van der Waals surface area contributed by atoms with Gasteiger partial charge < -0.3 is 0 Å². The number of hydrogen-bond donors (Lipinski definition) is 0. The standard InChI is InChI=1S/C11H18SSi/c1-7-8-10(9-12)13(5,6)11(2,3)4/h8H,1H2,2-6H3. The summed E-state index contributed by atoms with van der Waals surface area (Å²) in [6.07, 6.45) is 1.88. The van der Waals surface area contributed by atoms with Crippen LogP contribution in [0, 0.1) is 0 Å². The van der Waals surface area contributed by atoms with Crippen molar-refractivity contribution in [3.63, 3.8) is 0 Å². The Morgan fingerprint density at radius 1 is 1.38 bits per heavy atom. The molecule has 0 aliphatic carbocycles. The van der Waals surface area contributed by atoms with E-state index in [0.29, 0.717) is 5.04 Å². The normalized spacial score (nSPS) is 11.5. The molecule has 0 aromatic carbocycles. The fourth-order valence-corrected chi connectivity index (χ4v) is 3.19. The minimum Gasteiger partial charge on any atom is -0.128 e. The van der Waals surface area contributed by atoms with E-state index < -0.39 is 8.07 Å². The van der Waals surface area contributed by atoms with E-state index in [2.05, 4.69) is 51.2 Å². The molecule has 0 aromatic heterocycles. The molecule has 0 saturated carbocycles. The third-order valence-corrected chi connectivity index (χ3v) is 8.67. The second kappa shape index (κ2) is 4.21. The molecular formula is C11H18SSi. The highest BCUT2D eigenvalue weighted by Gasteiger charge is 2.37. The first-order valence-corrected chi connectivity index (χ1v) is 7.79. The zero-order valence-corrected chi connectivity index (χ0v) is 11.0. The molecule has 0 atom stereocenters. The molecule has 0 radical (unpaired) electrons. The van der Waals surface area contributed by atoms with E-state index in [0.717, 1.165) is 5.20 Å². The van der Waals surface area contributed by atoms with E-state index in [4.69, 9.17) is 12.2 Å². The third-order valence-electron chi connectivity index (χ3n) is 2.90. The summed E-state index contributed by atoms with van der Waals surface area (Å²) in [5, 5.41) is 4.28. The number of hydrogen-bond acceptors (Lipinski definition) is 1. The fraction of sp³-hybridized carbons (Fsp3) is 0.545. The van der Waals surface area contributed by atoms with E-state index >= 15 is 0 Å². The first kappa shape index (κ1) is 12.6. The summed E-state index contributed by atoms with van der Waals surface area (Å²) in [5.41, 5.74) is 2.79. The minimum atomic E-state index is -1.51. The molecule has 0 nitrogen and oxygen atoms in total. The number of thiocarbonyl (C=S) groups is 1. The Kier molecular flexibility index (Phi) is 4.08. The molecule has 0 aliphatic heterocycles. The van der Waals surface area contributed by atoms with Gasteiger partial charge in [-0.25, -0.2) is 0 Å². The highest BCUT2D eigenvalue weighted by Crippen LogP contribution is 2.39. The van der Waals surface area contributed by atoms with Crippen LogP contribution in [-0.4, -0.2) is 13.1 Å². The van der Waals surface area contributed by atoms with Crippen molar-refractivity contribution in [2.45, 2.75) is 38.9 Å². The highest BCUT2D eigenvalue weighted by atomic mass is 32.1. The number of rotatable bonds is 2. The van der Waals surface area contributed by atoms with E-state index in [1.165, 1.54) is 0 Å². The Hall–Kier alpha value is -0.393. The van der Waals surface area contributed by atoms with Crippen LogP contribution in [0.4, 0.5) is 0 Å². The summed E-state index contributed by atoms with van der Waals surface area (Å²) >= 11 is 4.90. The first-order valence-electron chi connectivity index (χ1n) is 4.39. The van der Waals surface area contributed by atoms with Gasteiger partial charge in [-0.2, -0.15) is 0 Å². The van der Waals surface area contributed by atoms with Crippen LogP contribution < -0.4 is 0 Å². The van der Waals surface area contributed by atoms with Crippen LogP contribution in [0.15, 0.2) is 23.6 Å². The Balaban J connectivity index is 5.26. The molecule has 0 aromatic rings. The fourth-order valence-electron chi connectivity index (χ4n) is 0.844. The molecule has 0 spiro atoms. The molecule has 2 heteroatoms. The van der Waals surface area contributed by atoms with Crippen molar-refractivity contribution >= 4 is 25.3 Å².